The molecule has 0 amide bonds. The van der Waals surface area contributed by atoms with Gasteiger partial charge in [-0.15, -0.1) is 0 Å². The summed E-state index contributed by atoms with van der Waals surface area (Å²) in [6.45, 7) is 7.96. The average molecular weight is 217 g/mol. The minimum Gasteiger partial charge on any atom is -0.468 e. The molecule has 0 aliphatic rings. The van der Waals surface area contributed by atoms with E-state index in [2.05, 4.69) is 5.32 Å². The number of nitrogens with one attached hydrogen (secondary N) is 1. The van der Waals surface area contributed by atoms with Gasteiger partial charge in [0.1, 0.15) is 5.54 Å². The fourth-order valence-electron chi connectivity index (χ4n) is 1.55. The van der Waals surface area contributed by atoms with Gasteiger partial charge in [0, 0.05) is 13.2 Å². The third kappa shape index (κ3) is 5.14. The van der Waals surface area contributed by atoms with Gasteiger partial charge in [0.2, 0.25) is 0 Å². The number of carbonyl (C=O) groups excluding carboxylic acids is 1. The van der Waals surface area contributed by atoms with Crippen LogP contribution in [0.2, 0.25) is 0 Å². The highest BCUT2D eigenvalue weighted by Crippen LogP contribution is 2.14. The molecule has 0 spiro atoms. The molecule has 0 aromatic rings. The van der Waals surface area contributed by atoms with Crippen molar-refractivity contribution in [3.05, 3.63) is 0 Å². The topological polar surface area (TPSA) is 47.6 Å². The van der Waals surface area contributed by atoms with E-state index in [1.165, 1.54) is 7.11 Å². The highest BCUT2D eigenvalue weighted by atomic mass is 16.5. The van der Waals surface area contributed by atoms with E-state index in [4.69, 9.17) is 9.47 Å². The van der Waals surface area contributed by atoms with E-state index >= 15 is 0 Å². The van der Waals surface area contributed by atoms with Crippen molar-refractivity contribution >= 4 is 5.97 Å². The van der Waals surface area contributed by atoms with Crippen molar-refractivity contribution < 1.29 is 14.3 Å². The summed E-state index contributed by atoms with van der Waals surface area (Å²) in [6, 6.07) is 0. The molecule has 15 heavy (non-hydrogen) atoms. The molecule has 0 saturated heterocycles. The van der Waals surface area contributed by atoms with Crippen LogP contribution in [0.1, 0.15) is 33.6 Å². The molecule has 90 valence electrons. The second-order valence-corrected chi connectivity index (χ2v) is 3.65. The maximum Gasteiger partial charge on any atom is 0.325 e. The van der Waals surface area contributed by atoms with E-state index in [-0.39, 0.29) is 5.97 Å². The molecule has 4 nitrogen and oxygen atoms in total. The summed E-state index contributed by atoms with van der Waals surface area (Å²) in [7, 11) is 1.42. The lowest BCUT2D eigenvalue weighted by Gasteiger charge is -2.27. The molecule has 0 bridgehead atoms. The van der Waals surface area contributed by atoms with E-state index in [1.807, 2.05) is 20.8 Å². The summed E-state index contributed by atoms with van der Waals surface area (Å²) < 4.78 is 10.0. The molecular formula is C11H23NO3. The van der Waals surface area contributed by atoms with Gasteiger partial charge in [0.15, 0.2) is 0 Å². The number of likely N-dealkylation sites (N-methyl/N-ethyl adjacent to an activating group) is 1. The van der Waals surface area contributed by atoms with Crippen LogP contribution >= 0.6 is 0 Å². The maximum absolute atomic E-state index is 11.6. The maximum atomic E-state index is 11.6. The predicted molar refractivity (Wildman–Crippen MR) is 59.8 cm³/mol. The van der Waals surface area contributed by atoms with Crippen LogP contribution in [0, 0.1) is 0 Å². The van der Waals surface area contributed by atoms with Crippen LogP contribution in [0.3, 0.4) is 0 Å². The normalized spacial score (nSPS) is 14.7. The van der Waals surface area contributed by atoms with Crippen molar-refractivity contribution in [3.8, 4) is 0 Å². The molecule has 1 unspecified atom stereocenters. The lowest BCUT2D eigenvalue weighted by atomic mass is 9.96. The lowest BCUT2D eigenvalue weighted by molar-refractivity contribution is -0.148. The molecule has 0 radical (unpaired) electrons. The summed E-state index contributed by atoms with van der Waals surface area (Å²) in [5, 5.41) is 3.16. The van der Waals surface area contributed by atoms with Crippen LogP contribution in [0.4, 0.5) is 0 Å². The fraction of sp³-hybridized carbons (Fsp3) is 0.909. The van der Waals surface area contributed by atoms with Gasteiger partial charge in [-0.3, -0.25) is 4.79 Å². The van der Waals surface area contributed by atoms with Crippen LogP contribution in [0.5, 0.6) is 0 Å². The summed E-state index contributed by atoms with van der Waals surface area (Å²) in [5.74, 6) is -0.208. The Balaban J connectivity index is 4.07. The number of methoxy groups -OCH3 is 1. The molecule has 0 fully saturated rings. The van der Waals surface area contributed by atoms with Crippen LogP contribution in [0.25, 0.3) is 0 Å². The Bertz CT molecular complexity index is 185. The second-order valence-electron chi connectivity index (χ2n) is 3.65. The number of rotatable bonds is 8. The number of hydrogen-bond donors (Lipinski definition) is 1. The third-order valence-corrected chi connectivity index (χ3v) is 2.37. The molecule has 4 heteroatoms. The zero-order chi connectivity index (χ0) is 11.7. The van der Waals surface area contributed by atoms with Crippen LogP contribution in [0.15, 0.2) is 0 Å². The van der Waals surface area contributed by atoms with Crippen molar-refractivity contribution in [2.45, 2.75) is 39.2 Å². The van der Waals surface area contributed by atoms with E-state index in [9.17, 15) is 4.79 Å². The SMILES string of the molecule is CCNC(C)(CCCOCC)C(=O)OC. The predicted octanol–water partition coefficient (Wildman–Crippen LogP) is 1.34. The van der Waals surface area contributed by atoms with Gasteiger partial charge in [0.25, 0.3) is 0 Å². The fourth-order valence-corrected chi connectivity index (χ4v) is 1.55. The van der Waals surface area contributed by atoms with Gasteiger partial charge in [-0.2, -0.15) is 0 Å². The van der Waals surface area contributed by atoms with Crippen molar-refractivity contribution in [2.24, 2.45) is 0 Å². The molecular weight excluding hydrogens is 194 g/mol. The standard InChI is InChI=1S/C11H23NO3/c1-5-12-11(3,10(13)14-4)8-7-9-15-6-2/h12H,5-9H2,1-4H3. The number of hydrogen-bond acceptors (Lipinski definition) is 4. The van der Waals surface area contributed by atoms with Gasteiger partial charge >= 0.3 is 5.97 Å². The first-order valence-electron chi connectivity index (χ1n) is 5.52. The minimum absolute atomic E-state index is 0.208. The Morgan fingerprint density at radius 3 is 2.53 bits per heavy atom. The van der Waals surface area contributed by atoms with Gasteiger partial charge in [0.05, 0.1) is 7.11 Å². The molecule has 0 aliphatic heterocycles. The molecule has 0 aromatic carbocycles. The summed E-state index contributed by atoms with van der Waals surface area (Å²) in [6.07, 6.45) is 1.58. The Kier molecular flexibility index (Phi) is 7.34. The van der Waals surface area contributed by atoms with Crippen molar-refractivity contribution in [2.75, 3.05) is 26.9 Å². The molecule has 0 saturated carbocycles. The molecule has 0 rings (SSSR count). The second kappa shape index (κ2) is 7.65. The van der Waals surface area contributed by atoms with Crippen molar-refractivity contribution in [3.63, 3.8) is 0 Å². The van der Waals surface area contributed by atoms with Crippen molar-refractivity contribution in [1.82, 2.24) is 5.32 Å². The largest absolute Gasteiger partial charge is 0.468 e. The first kappa shape index (κ1) is 14.4. The monoisotopic (exact) mass is 217 g/mol. The van der Waals surface area contributed by atoms with Crippen molar-refractivity contribution in [1.29, 1.82) is 0 Å². The summed E-state index contributed by atoms with van der Waals surface area (Å²) in [5.41, 5.74) is -0.583. The lowest BCUT2D eigenvalue weighted by Crippen LogP contribution is -2.50. The van der Waals surface area contributed by atoms with Crippen LogP contribution < -0.4 is 5.32 Å². The Labute approximate surface area is 92.3 Å². The Morgan fingerprint density at radius 2 is 2.07 bits per heavy atom. The van der Waals surface area contributed by atoms with E-state index in [1.54, 1.807) is 0 Å². The zero-order valence-corrected chi connectivity index (χ0v) is 10.3. The highest BCUT2D eigenvalue weighted by Gasteiger charge is 2.32. The molecule has 0 aromatic heterocycles. The quantitative estimate of drug-likeness (QED) is 0.492. The van der Waals surface area contributed by atoms with E-state index in [0.29, 0.717) is 6.61 Å². The summed E-state index contributed by atoms with van der Waals surface area (Å²) >= 11 is 0. The molecule has 1 N–H and O–H groups in total. The van der Waals surface area contributed by atoms with Gasteiger partial charge < -0.3 is 14.8 Å². The number of carbonyl (C=O) groups is 1. The minimum atomic E-state index is -0.583. The smallest absolute Gasteiger partial charge is 0.325 e. The first-order chi connectivity index (χ1) is 7.10. The summed E-state index contributed by atoms with van der Waals surface area (Å²) in [4.78, 5) is 11.6. The molecule has 1 atom stereocenters. The zero-order valence-electron chi connectivity index (χ0n) is 10.3. The van der Waals surface area contributed by atoms with E-state index in [0.717, 1.165) is 26.0 Å². The van der Waals surface area contributed by atoms with Crippen LogP contribution in [-0.4, -0.2) is 38.4 Å². The van der Waals surface area contributed by atoms with Gasteiger partial charge in [-0.25, -0.2) is 0 Å². The van der Waals surface area contributed by atoms with E-state index < -0.39 is 5.54 Å². The molecule has 0 aliphatic carbocycles. The highest BCUT2D eigenvalue weighted by molar-refractivity contribution is 5.80. The third-order valence-electron chi connectivity index (χ3n) is 2.37. The number of esters is 1. The van der Waals surface area contributed by atoms with Crippen LogP contribution in [-0.2, 0) is 14.3 Å². The van der Waals surface area contributed by atoms with Gasteiger partial charge in [-0.1, -0.05) is 6.92 Å². The molecule has 0 heterocycles. The number of ether oxygens (including phenoxy) is 2. The average Bonchev–Trinajstić information content (AvgIpc) is 2.23. The Morgan fingerprint density at radius 1 is 1.40 bits per heavy atom. The first-order valence-corrected chi connectivity index (χ1v) is 5.52. The van der Waals surface area contributed by atoms with Gasteiger partial charge in [-0.05, 0) is 33.2 Å². The Hall–Kier alpha value is -0.610.